The molecule has 2 atom stereocenters. The van der Waals surface area contributed by atoms with Crippen molar-refractivity contribution in [3.63, 3.8) is 0 Å². The van der Waals surface area contributed by atoms with Crippen molar-refractivity contribution in [1.29, 1.82) is 0 Å². The van der Waals surface area contributed by atoms with Gasteiger partial charge >= 0.3 is 0 Å². The molecule has 7 heteroatoms. The Balaban J connectivity index is 1.63. The van der Waals surface area contributed by atoms with Gasteiger partial charge < -0.3 is 10.6 Å². The van der Waals surface area contributed by atoms with Crippen LogP contribution in [0.5, 0.6) is 0 Å². The Hall–Kier alpha value is -2.67. The van der Waals surface area contributed by atoms with Crippen LogP contribution in [0.2, 0.25) is 0 Å². The van der Waals surface area contributed by atoms with Crippen LogP contribution in [0.15, 0.2) is 24.3 Å². The van der Waals surface area contributed by atoms with Crippen molar-refractivity contribution in [2.24, 2.45) is 5.92 Å². The number of amides is 2. The van der Waals surface area contributed by atoms with Crippen LogP contribution >= 0.6 is 0 Å². The van der Waals surface area contributed by atoms with E-state index in [1.165, 1.54) is 0 Å². The number of hydrogen-bond acceptors (Lipinski definition) is 4. The minimum Gasteiger partial charge on any atom is -0.322 e. The van der Waals surface area contributed by atoms with Gasteiger partial charge in [-0.25, -0.2) is 4.68 Å². The highest BCUT2D eigenvalue weighted by molar-refractivity contribution is 6.04. The number of anilines is 1. The van der Waals surface area contributed by atoms with Crippen molar-refractivity contribution in [3.8, 4) is 0 Å². The second-order valence-electron chi connectivity index (χ2n) is 8.70. The fourth-order valence-corrected chi connectivity index (χ4v) is 3.85. The van der Waals surface area contributed by atoms with E-state index in [0.29, 0.717) is 29.6 Å². The number of hydrogen-bond donors (Lipinski definition) is 3. The zero-order valence-corrected chi connectivity index (χ0v) is 17.5. The molecular weight excluding hydrogens is 366 g/mol. The second-order valence-corrected chi connectivity index (χ2v) is 8.70. The molecule has 0 spiro atoms. The number of nitrogens with one attached hydrogen (secondary N) is 3. The number of nitrogens with zero attached hydrogens (tertiary/aromatic N) is 2. The Labute approximate surface area is 171 Å². The van der Waals surface area contributed by atoms with Crippen molar-refractivity contribution >= 4 is 17.6 Å². The lowest BCUT2D eigenvalue weighted by Gasteiger charge is -2.34. The number of benzene rings is 1. The maximum absolute atomic E-state index is 12.9. The fourth-order valence-electron chi connectivity index (χ4n) is 3.85. The van der Waals surface area contributed by atoms with Crippen molar-refractivity contribution in [1.82, 2.24) is 20.4 Å². The molecule has 4 rings (SSSR count). The summed E-state index contributed by atoms with van der Waals surface area (Å²) >= 11 is 0. The molecule has 1 saturated carbocycles. The van der Waals surface area contributed by atoms with Crippen molar-refractivity contribution in [3.05, 3.63) is 46.6 Å². The summed E-state index contributed by atoms with van der Waals surface area (Å²) in [5, 5.41) is 14.2. The molecule has 2 heterocycles. The van der Waals surface area contributed by atoms with E-state index in [1.54, 1.807) is 4.68 Å². The largest absolute Gasteiger partial charge is 0.322 e. The molecule has 154 valence electrons. The molecule has 0 radical (unpaired) electrons. The molecule has 2 unspecified atom stereocenters. The quantitative estimate of drug-likeness (QED) is 0.725. The van der Waals surface area contributed by atoms with Gasteiger partial charge in [0.15, 0.2) is 6.29 Å². The van der Waals surface area contributed by atoms with Crippen LogP contribution in [0, 0.1) is 19.8 Å². The summed E-state index contributed by atoms with van der Waals surface area (Å²) in [5.74, 6) is 1.16. The van der Waals surface area contributed by atoms with Gasteiger partial charge in [-0.15, -0.1) is 0 Å². The van der Waals surface area contributed by atoms with Crippen LogP contribution in [-0.2, 0) is 4.79 Å². The first kappa shape index (κ1) is 19.6. The van der Waals surface area contributed by atoms with Crippen LogP contribution in [0.3, 0.4) is 0 Å². The molecule has 2 aromatic rings. The van der Waals surface area contributed by atoms with Crippen molar-refractivity contribution in [2.45, 2.75) is 65.2 Å². The van der Waals surface area contributed by atoms with E-state index in [2.05, 4.69) is 29.8 Å². The standard InChI is InChI=1S/C22H29N5O2/c1-12(2)17-11-20(28)25-22(23-17)27-19(10-18(26-27)15-5-6-15)24-21(29)16-8-13(3)7-14(4)9-16/h7-10,12,15,17,22-23H,5-6,11H2,1-4H3,(H,24,29)(H,25,28). The molecule has 0 bridgehead atoms. The molecule has 1 saturated heterocycles. The highest BCUT2D eigenvalue weighted by Gasteiger charge is 2.33. The van der Waals surface area contributed by atoms with E-state index in [4.69, 9.17) is 5.10 Å². The lowest BCUT2D eigenvalue weighted by Crippen LogP contribution is -2.55. The molecule has 3 N–H and O–H groups in total. The van der Waals surface area contributed by atoms with Crippen molar-refractivity contribution in [2.75, 3.05) is 5.32 Å². The third kappa shape index (κ3) is 4.34. The summed E-state index contributed by atoms with van der Waals surface area (Å²) in [7, 11) is 0. The lowest BCUT2D eigenvalue weighted by atomic mass is 9.99. The average Bonchev–Trinajstić information content (AvgIpc) is 3.41. The highest BCUT2D eigenvalue weighted by atomic mass is 16.2. The third-order valence-electron chi connectivity index (χ3n) is 5.60. The van der Waals surface area contributed by atoms with Crippen LogP contribution in [-0.4, -0.2) is 27.6 Å². The predicted octanol–water partition coefficient (Wildman–Crippen LogP) is 3.22. The molecule has 1 aromatic carbocycles. The Morgan fingerprint density at radius 3 is 2.48 bits per heavy atom. The second kappa shape index (κ2) is 7.63. The van der Waals surface area contributed by atoms with Gasteiger partial charge in [0.1, 0.15) is 5.82 Å². The van der Waals surface area contributed by atoms with Gasteiger partial charge in [0, 0.05) is 30.0 Å². The van der Waals surface area contributed by atoms with Gasteiger partial charge in [0.05, 0.1) is 5.69 Å². The fraction of sp³-hybridized carbons (Fsp3) is 0.500. The van der Waals surface area contributed by atoms with Gasteiger partial charge in [-0.2, -0.15) is 5.10 Å². The van der Waals surface area contributed by atoms with Crippen LogP contribution in [0.4, 0.5) is 5.82 Å². The third-order valence-corrected chi connectivity index (χ3v) is 5.60. The van der Waals surface area contributed by atoms with Crippen LogP contribution in [0.25, 0.3) is 0 Å². The number of carbonyl (C=O) groups excluding carboxylic acids is 2. The smallest absolute Gasteiger partial charge is 0.256 e. The first-order valence-electron chi connectivity index (χ1n) is 10.3. The Kier molecular flexibility index (Phi) is 5.17. The van der Waals surface area contributed by atoms with E-state index in [1.807, 2.05) is 38.1 Å². The molecular formula is C22H29N5O2. The van der Waals surface area contributed by atoms with Gasteiger partial charge in [-0.3, -0.25) is 14.9 Å². The van der Waals surface area contributed by atoms with E-state index >= 15 is 0 Å². The first-order valence-corrected chi connectivity index (χ1v) is 10.3. The topological polar surface area (TPSA) is 88.1 Å². The molecule has 1 aromatic heterocycles. The monoisotopic (exact) mass is 395 g/mol. The molecule has 1 aliphatic heterocycles. The summed E-state index contributed by atoms with van der Waals surface area (Å²) < 4.78 is 1.71. The van der Waals surface area contributed by atoms with E-state index in [0.717, 1.165) is 29.7 Å². The minimum absolute atomic E-state index is 0.0116. The normalized spacial score (nSPS) is 21.9. The number of rotatable bonds is 5. The Morgan fingerprint density at radius 1 is 1.17 bits per heavy atom. The maximum atomic E-state index is 12.9. The van der Waals surface area contributed by atoms with E-state index in [-0.39, 0.29) is 17.9 Å². The summed E-state index contributed by atoms with van der Waals surface area (Å²) in [4.78, 5) is 25.2. The molecule has 7 nitrogen and oxygen atoms in total. The van der Waals surface area contributed by atoms with Gasteiger partial charge in [0.2, 0.25) is 5.91 Å². The van der Waals surface area contributed by atoms with Gasteiger partial charge in [-0.05, 0) is 44.7 Å². The van der Waals surface area contributed by atoms with Crippen molar-refractivity contribution < 1.29 is 9.59 Å². The van der Waals surface area contributed by atoms with Gasteiger partial charge in [-0.1, -0.05) is 31.0 Å². The highest BCUT2D eigenvalue weighted by Crippen LogP contribution is 2.40. The first-order chi connectivity index (χ1) is 13.8. The number of carbonyl (C=O) groups is 2. The maximum Gasteiger partial charge on any atom is 0.256 e. The SMILES string of the molecule is Cc1cc(C)cc(C(=O)Nc2cc(C3CC3)nn2C2NC(=O)CC(C(C)C)N2)c1. The molecule has 2 aliphatic rings. The van der Waals surface area contributed by atoms with Gasteiger partial charge in [0.25, 0.3) is 5.91 Å². The summed E-state index contributed by atoms with van der Waals surface area (Å²) in [6.45, 7) is 8.14. The predicted molar refractivity (Wildman–Crippen MR) is 112 cm³/mol. The number of aryl methyl sites for hydroxylation is 2. The Bertz CT molecular complexity index is 924. The van der Waals surface area contributed by atoms with Crippen LogP contribution < -0.4 is 16.0 Å². The molecule has 1 aliphatic carbocycles. The minimum atomic E-state index is -0.481. The lowest BCUT2D eigenvalue weighted by molar-refractivity contribution is -0.126. The molecule has 2 fully saturated rings. The Morgan fingerprint density at radius 2 is 1.86 bits per heavy atom. The summed E-state index contributed by atoms with van der Waals surface area (Å²) in [6.07, 6.45) is 2.18. The molecule has 29 heavy (non-hydrogen) atoms. The average molecular weight is 396 g/mol. The summed E-state index contributed by atoms with van der Waals surface area (Å²) in [5.41, 5.74) is 3.67. The summed E-state index contributed by atoms with van der Waals surface area (Å²) in [6, 6.07) is 7.79. The zero-order chi connectivity index (χ0) is 20.7. The number of aromatic nitrogens is 2. The van der Waals surface area contributed by atoms with E-state index < -0.39 is 6.29 Å². The molecule has 2 amide bonds. The van der Waals surface area contributed by atoms with E-state index in [9.17, 15) is 9.59 Å². The van der Waals surface area contributed by atoms with Crippen LogP contribution in [0.1, 0.15) is 72.5 Å². The zero-order valence-electron chi connectivity index (χ0n) is 17.5.